The number of rotatable bonds is 12. The number of aryl methyl sites for hydroxylation is 1. The van der Waals surface area contributed by atoms with E-state index in [4.69, 9.17) is 0 Å². The van der Waals surface area contributed by atoms with Gasteiger partial charge in [-0.2, -0.15) is 0 Å². The highest BCUT2D eigenvalue weighted by atomic mass is 15.1. The van der Waals surface area contributed by atoms with E-state index in [1.54, 1.807) is 0 Å². The molecule has 5 aromatic carbocycles. The molecule has 0 N–H and O–H groups in total. The van der Waals surface area contributed by atoms with Crippen LogP contribution >= 0.6 is 0 Å². The summed E-state index contributed by atoms with van der Waals surface area (Å²) in [5.41, 5.74) is 11.6. The molecular formula is C40H45N3. The molecule has 0 fully saturated rings. The van der Waals surface area contributed by atoms with Gasteiger partial charge in [0.05, 0.1) is 0 Å². The van der Waals surface area contributed by atoms with Crippen molar-refractivity contribution in [2.75, 3.05) is 41.9 Å². The lowest BCUT2D eigenvalue weighted by Crippen LogP contribution is -2.22. The number of nitrogens with zero attached hydrogens (tertiary/aromatic N) is 3. The highest BCUT2D eigenvalue weighted by Gasteiger charge is 2.19. The van der Waals surface area contributed by atoms with Gasteiger partial charge in [-0.3, -0.25) is 0 Å². The van der Waals surface area contributed by atoms with Crippen LogP contribution in [0.3, 0.4) is 0 Å². The Kier molecular flexibility index (Phi) is 9.84. The van der Waals surface area contributed by atoms with E-state index in [1.165, 1.54) is 50.4 Å². The number of anilines is 3. The summed E-state index contributed by atoms with van der Waals surface area (Å²) in [5.74, 6) is 0.148. The van der Waals surface area contributed by atoms with Gasteiger partial charge in [-0.25, -0.2) is 0 Å². The molecule has 3 nitrogen and oxygen atoms in total. The Bertz CT molecular complexity index is 1560. The van der Waals surface area contributed by atoms with Crippen molar-refractivity contribution in [1.82, 2.24) is 0 Å². The normalized spacial score (nSPS) is 11.7. The predicted molar refractivity (Wildman–Crippen MR) is 186 cm³/mol. The first-order valence-corrected chi connectivity index (χ1v) is 15.5. The summed E-state index contributed by atoms with van der Waals surface area (Å²) < 4.78 is 0. The third-order valence-corrected chi connectivity index (χ3v) is 8.36. The van der Waals surface area contributed by atoms with Gasteiger partial charge in [-0.15, -0.1) is 0 Å². The predicted octanol–water partition coefficient (Wildman–Crippen LogP) is 9.29. The summed E-state index contributed by atoms with van der Waals surface area (Å²) in [6.07, 6.45) is 0. The molecule has 0 bridgehead atoms. The summed E-state index contributed by atoms with van der Waals surface area (Å²) >= 11 is 0. The Hall–Kier alpha value is -4.50. The summed E-state index contributed by atoms with van der Waals surface area (Å²) in [7, 11) is 4.18. The topological polar surface area (TPSA) is 9.72 Å². The van der Waals surface area contributed by atoms with Gasteiger partial charge >= 0.3 is 0 Å². The van der Waals surface area contributed by atoms with Crippen LogP contribution in [-0.2, 0) is 13.1 Å². The second-order valence-electron chi connectivity index (χ2n) is 11.6. The SMILES string of the molecule is CCN(Cc1ccccc1)c1ccc(C(c2ccc(N(C)C)cc2)c2ccc(N(CC)Cc3cccc(C)c3)cc2)cc1. The number of hydrogen-bond acceptors (Lipinski definition) is 3. The average molecular weight is 568 g/mol. The van der Waals surface area contributed by atoms with Gasteiger partial charge in [0, 0.05) is 63.3 Å². The molecule has 0 radical (unpaired) electrons. The summed E-state index contributed by atoms with van der Waals surface area (Å²) in [6, 6.07) is 47.0. The third-order valence-electron chi connectivity index (χ3n) is 8.36. The van der Waals surface area contributed by atoms with Gasteiger partial charge in [0.15, 0.2) is 0 Å². The van der Waals surface area contributed by atoms with Crippen molar-refractivity contribution in [2.45, 2.75) is 39.8 Å². The van der Waals surface area contributed by atoms with Crippen LogP contribution in [0.4, 0.5) is 17.1 Å². The zero-order valence-corrected chi connectivity index (χ0v) is 26.4. The molecule has 0 spiro atoms. The fraction of sp³-hybridized carbons (Fsp3) is 0.250. The molecule has 0 aliphatic carbocycles. The molecule has 220 valence electrons. The number of hydrogen-bond donors (Lipinski definition) is 0. The van der Waals surface area contributed by atoms with Crippen molar-refractivity contribution < 1.29 is 0 Å². The fourth-order valence-corrected chi connectivity index (χ4v) is 5.90. The van der Waals surface area contributed by atoms with Crippen molar-refractivity contribution in [3.63, 3.8) is 0 Å². The fourth-order valence-electron chi connectivity index (χ4n) is 5.90. The van der Waals surface area contributed by atoms with Crippen LogP contribution in [0.5, 0.6) is 0 Å². The Labute approximate surface area is 259 Å². The second kappa shape index (κ2) is 14.1. The molecule has 3 heteroatoms. The standard InChI is InChI=1S/C40H45N3/c1-6-42(29-32-13-9-8-10-14-32)38-24-18-35(19-25-38)40(34-16-22-37(23-17-34)41(4)5)36-20-26-39(27-21-36)43(7-2)30-33-15-11-12-31(3)28-33/h8-28,40H,6-7,29-30H2,1-5H3. The zero-order chi connectivity index (χ0) is 30.2. The van der Waals surface area contributed by atoms with E-state index in [0.29, 0.717) is 0 Å². The van der Waals surface area contributed by atoms with Crippen molar-refractivity contribution >= 4 is 17.1 Å². The van der Waals surface area contributed by atoms with Crippen molar-refractivity contribution in [3.05, 3.63) is 161 Å². The van der Waals surface area contributed by atoms with Crippen LogP contribution in [0, 0.1) is 6.92 Å². The Balaban J connectivity index is 1.44. The van der Waals surface area contributed by atoms with Gasteiger partial charge in [0.2, 0.25) is 0 Å². The maximum absolute atomic E-state index is 2.44. The highest BCUT2D eigenvalue weighted by Crippen LogP contribution is 2.35. The minimum Gasteiger partial charge on any atom is -0.378 e. The maximum atomic E-state index is 2.44. The molecule has 0 saturated heterocycles. The van der Waals surface area contributed by atoms with Crippen molar-refractivity contribution in [2.24, 2.45) is 0 Å². The molecule has 0 heterocycles. The molecule has 0 saturated carbocycles. The lowest BCUT2D eigenvalue weighted by Gasteiger charge is -2.26. The number of benzene rings is 5. The van der Waals surface area contributed by atoms with Crippen LogP contribution in [0.25, 0.3) is 0 Å². The first-order chi connectivity index (χ1) is 20.9. The molecule has 43 heavy (non-hydrogen) atoms. The van der Waals surface area contributed by atoms with Crippen molar-refractivity contribution in [3.8, 4) is 0 Å². The first kappa shape index (κ1) is 30.0. The highest BCUT2D eigenvalue weighted by molar-refractivity contribution is 5.56. The average Bonchev–Trinajstić information content (AvgIpc) is 3.04. The minimum absolute atomic E-state index is 0.148. The van der Waals surface area contributed by atoms with E-state index in [2.05, 4.69) is 177 Å². The molecule has 1 unspecified atom stereocenters. The van der Waals surface area contributed by atoms with Gasteiger partial charge < -0.3 is 14.7 Å². The Morgan fingerprint density at radius 3 is 1.37 bits per heavy atom. The van der Waals surface area contributed by atoms with E-state index in [-0.39, 0.29) is 5.92 Å². The molecule has 1 atom stereocenters. The molecular weight excluding hydrogens is 522 g/mol. The minimum atomic E-state index is 0.148. The molecule has 5 rings (SSSR count). The van der Waals surface area contributed by atoms with Gasteiger partial charge in [0.25, 0.3) is 0 Å². The molecule has 5 aromatic rings. The van der Waals surface area contributed by atoms with Crippen LogP contribution in [0.1, 0.15) is 53.1 Å². The maximum Gasteiger partial charge on any atom is 0.0429 e. The molecule has 0 aromatic heterocycles. The van der Waals surface area contributed by atoms with Crippen LogP contribution in [0.15, 0.2) is 127 Å². The van der Waals surface area contributed by atoms with E-state index in [0.717, 1.165) is 26.2 Å². The largest absolute Gasteiger partial charge is 0.378 e. The summed E-state index contributed by atoms with van der Waals surface area (Å²) in [4.78, 5) is 7.03. The molecule has 0 aliphatic rings. The van der Waals surface area contributed by atoms with Crippen LogP contribution < -0.4 is 14.7 Å². The van der Waals surface area contributed by atoms with E-state index >= 15 is 0 Å². The van der Waals surface area contributed by atoms with E-state index < -0.39 is 0 Å². The second-order valence-corrected chi connectivity index (χ2v) is 11.6. The van der Waals surface area contributed by atoms with Crippen molar-refractivity contribution in [1.29, 1.82) is 0 Å². The quantitative estimate of drug-likeness (QED) is 0.139. The van der Waals surface area contributed by atoms with Gasteiger partial charge in [0.1, 0.15) is 0 Å². The monoisotopic (exact) mass is 567 g/mol. The molecule has 0 amide bonds. The van der Waals surface area contributed by atoms with Crippen LogP contribution in [0.2, 0.25) is 0 Å². The van der Waals surface area contributed by atoms with E-state index in [9.17, 15) is 0 Å². The Morgan fingerprint density at radius 1 is 0.488 bits per heavy atom. The van der Waals surface area contributed by atoms with Crippen LogP contribution in [-0.4, -0.2) is 27.2 Å². The van der Waals surface area contributed by atoms with Gasteiger partial charge in [-0.05, 0) is 85.0 Å². The zero-order valence-electron chi connectivity index (χ0n) is 26.4. The third kappa shape index (κ3) is 7.48. The Morgan fingerprint density at radius 2 is 0.930 bits per heavy atom. The lowest BCUT2D eigenvalue weighted by molar-refractivity contribution is 0.829. The smallest absolute Gasteiger partial charge is 0.0429 e. The molecule has 0 aliphatic heterocycles. The van der Waals surface area contributed by atoms with Gasteiger partial charge in [-0.1, -0.05) is 96.6 Å². The van der Waals surface area contributed by atoms with E-state index in [1.807, 2.05) is 0 Å². The lowest BCUT2D eigenvalue weighted by atomic mass is 9.85. The summed E-state index contributed by atoms with van der Waals surface area (Å²) in [6.45, 7) is 10.4. The first-order valence-electron chi connectivity index (χ1n) is 15.5. The summed E-state index contributed by atoms with van der Waals surface area (Å²) in [5, 5.41) is 0.